The molecule has 1 aromatic heterocycles. The van der Waals surface area contributed by atoms with E-state index in [2.05, 4.69) is 23.8 Å². The predicted octanol–water partition coefficient (Wildman–Crippen LogP) is 5.99. The highest BCUT2D eigenvalue weighted by molar-refractivity contribution is 7.98. The summed E-state index contributed by atoms with van der Waals surface area (Å²) in [4.78, 5) is 8.69. The molecule has 0 N–H and O–H groups in total. The normalized spacial score (nSPS) is 11.1. The molecule has 1 heterocycles. The number of nitrogens with zero attached hydrogens (tertiary/aromatic N) is 2. The first-order valence-corrected chi connectivity index (χ1v) is 8.82. The molecule has 0 spiro atoms. The van der Waals surface area contributed by atoms with Gasteiger partial charge in [-0.25, -0.2) is 9.97 Å². The highest BCUT2D eigenvalue weighted by atomic mass is 35.5. The molecule has 0 saturated heterocycles. The summed E-state index contributed by atoms with van der Waals surface area (Å²) in [5.41, 5.74) is 1.44. The molecule has 0 saturated carbocycles. The quantitative estimate of drug-likeness (QED) is 0.611. The molecule has 112 valence electrons. The van der Waals surface area contributed by atoms with Crippen LogP contribution in [0.15, 0.2) is 24.3 Å². The topological polar surface area (TPSA) is 25.8 Å². The maximum Gasteiger partial charge on any atom is 0.142 e. The highest BCUT2D eigenvalue weighted by Crippen LogP contribution is 2.34. The Kier molecular flexibility index (Phi) is 6.18. The van der Waals surface area contributed by atoms with Crippen molar-refractivity contribution in [3.63, 3.8) is 0 Å². The number of hydrogen-bond acceptors (Lipinski definition) is 3. The van der Waals surface area contributed by atoms with Crippen LogP contribution in [0.2, 0.25) is 15.3 Å². The number of hydrogen-bond donors (Lipinski definition) is 0. The molecule has 0 amide bonds. The highest BCUT2D eigenvalue weighted by Gasteiger charge is 2.14. The second-order valence-corrected chi connectivity index (χ2v) is 7.20. The van der Waals surface area contributed by atoms with Crippen LogP contribution in [0.1, 0.15) is 19.7 Å². The zero-order valence-electron chi connectivity index (χ0n) is 11.7. The van der Waals surface area contributed by atoms with Crippen LogP contribution >= 0.6 is 46.6 Å². The van der Waals surface area contributed by atoms with Crippen molar-refractivity contribution < 1.29 is 0 Å². The molecule has 0 unspecified atom stereocenters. The van der Waals surface area contributed by atoms with E-state index in [4.69, 9.17) is 34.8 Å². The summed E-state index contributed by atoms with van der Waals surface area (Å²) in [6.07, 6.45) is 0. The van der Waals surface area contributed by atoms with Crippen LogP contribution in [0.5, 0.6) is 0 Å². The van der Waals surface area contributed by atoms with Crippen molar-refractivity contribution >= 4 is 46.6 Å². The van der Waals surface area contributed by atoms with Crippen molar-refractivity contribution in [2.24, 2.45) is 5.92 Å². The van der Waals surface area contributed by atoms with Crippen molar-refractivity contribution in [1.29, 1.82) is 0 Å². The minimum absolute atomic E-state index is 0.359. The van der Waals surface area contributed by atoms with Crippen molar-refractivity contribution in [2.45, 2.75) is 19.6 Å². The number of rotatable bonds is 5. The molecular weight excluding hydrogens is 347 g/mol. The Morgan fingerprint density at radius 3 is 2.33 bits per heavy atom. The van der Waals surface area contributed by atoms with Crippen molar-refractivity contribution in [2.75, 3.05) is 5.75 Å². The fourth-order valence-corrected chi connectivity index (χ4v) is 3.51. The Morgan fingerprint density at radius 2 is 1.76 bits per heavy atom. The Hall–Kier alpha value is -0.480. The van der Waals surface area contributed by atoms with Crippen LogP contribution in [0.25, 0.3) is 11.1 Å². The molecule has 2 rings (SSSR count). The minimum Gasteiger partial charge on any atom is -0.220 e. The monoisotopic (exact) mass is 360 g/mol. The molecule has 6 heteroatoms. The van der Waals surface area contributed by atoms with Crippen LogP contribution in [-0.4, -0.2) is 15.7 Å². The summed E-state index contributed by atoms with van der Waals surface area (Å²) in [5.74, 6) is 3.04. The summed E-state index contributed by atoms with van der Waals surface area (Å²) in [5, 5.41) is 1.34. The summed E-state index contributed by atoms with van der Waals surface area (Å²) < 4.78 is 0. The summed E-state index contributed by atoms with van der Waals surface area (Å²) >= 11 is 20.3. The van der Waals surface area contributed by atoms with Crippen LogP contribution in [0.3, 0.4) is 0 Å². The molecule has 0 bridgehead atoms. The number of halogens is 3. The molecule has 2 nitrogen and oxygen atoms in total. The van der Waals surface area contributed by atoms with E-state index in [0.717, 1.165) is 11.3 Å². The largest absolute Gasteiger partial charge is 0.220 e. The standard InChI is InChI=1S/C15H15Cl3N2S/c1-9(2)7-21-8-12-19-14(17)13(15(18)20-12)10-4-3-5-11(16)6-10/h3-6,9H,7-8H2,1-2H3. The second-order valence-electron chi connectivity index (χ2n) is 5.02. The van der Waals surface area contributed by atoms with Crippen LogP contribution in [0.4, 0.5) is 0 Å². The summed E-state index contributed by atoms with van der Waals surface area (Å²) in [6, 6.07) is 7.32. The van der Waals surface area contributed by atoms with Gasteiger partial charge in [0.2, 0.25) is 0 Å². The van der Waals surface area contributed by atoms with Gasteiger partial charge in [-0.3, -0.25) is 0 Å². The molecule has 0 aliphatic rings. The first-order chi connectivity index (χ1) is 9.97. The molecule has 0 fully saturated rings. The van der Waals surface area contributed by atoms with Gasteiger partial charge in [-0.15, -0.1) is 0 Å². The van der Waals surface area contributed by atoms with Gasteiger partial charge in [-0.1, -0.05) is 60.8 Å². The first-order valence-electron chi connectivity index (χ1n) is 6.53. The van der Waals surface area contributed by atoms with Gasteiger partial charge in [-0.2, -0.15) is 11.8 Å². The van der Waals surface area contributed by atoms with E-state index in [1.165, 1.54) is 0 Å². The number of thioether (sulfide) groups is 1. The average molecular weight is 362 g/mol. The van der Waals surface area contributed by atoms with Gasteiger partial charge in [0, 0.05) is 5.02 Å². The number of aromatic nitrogens is 2. The molecule has 1 aromatic carbocycles. The fourth-order valence-electron chi connectivity index (χ4n) is 1.78. The minimum atomic E-state index is 0.359. The van der Waals surface area contributed by atoms with Crippen LogP contribution < -0.4 is 0 Å². The second kappa shape index (κ2) is 7.68. The third kappa shape index (κ3) is 4.75. The van der Waals surface area contributed by atoms with Gasteiger partial charge < -0.3 is 0 Å². The molecule has 21 heavy (non-hydrogen) atoms. The summed E-state index contributed by atoms with van der Waals surface area (Å²) in [7, 11) is 0. The zero-order chi connectivity index (χ0) is 15.4. The van der Waals surface area contributed by atoms with E-state index in [1.54, 1.807) is 23.9 Å². The summed E-state index contributed by atoms with van der Waals surface area (Å²) in [6.45, 7) is 4.35. The van der Waals surface area contributed by atoms with Crippen molar-refractivity contribution in [3.05, 3.63) is 45.4 Å². The van der Waals surface area contributed by atoms with E-state index in [0.29, 0.717) is 38.4 Å². The third-order valence-corrected chi connectivity index (χ3v) is 4.81. The van der Waals surface area contributed by atoms with E-state index >= 15 is 0 Å². The van der Waals surface area contributed by atoms with E-state index in [1.807, 2.05) is 12.1 Å². The van der Waals surface area contributed by atoms with Crippen molar-refractivity contribution in [3.8, 4) is 11.1 Å². The van der Waals surface area contributed by atoms with Gasteiger partial charge in [0.25, 0.3) is 0 Å². The third-order valence-electron chi connectivity index (χ3n) is 2.66. The Bertz CT molecular complexity index is 609. The maximum absolute atomic E-state index is 6.28. The van der Waals surface area contributed by atoms with Gasteiger partial charge in [0.15, 0.2) is 0 Å². The molecule has 0 atom stereocenters. The lowest BCUT2D eigenvalue weighted by atomic mass is 10.1. The first kappa shape index (κ1) is 16.9. The zero-order valence-corrected chi connectivity index (χ0v) is 14.8. The van der Waals surface area contributed by atoms with Crippen LogP contribution in [-0.2, 0) is 5.75 Å². The Balaban J connectivity index is 2.25. The SMILES string of the molecule is CC(C)CSCc1nc(Cl)c(-c2cccc(Cl)c2)c(Cl)n1. The lowest BCUT2D eigenvalue weighted by molar-refractivity contribution is 0.750. The average Bonchev–Trinajstić information content (AvgIpc) is 2.37. The Morgan fingerprint density at radius 1 is 1.10 bits per heavy atom. The number of benzene rings is 1. The van der Waals surface area contributed by atoms with Crippen molar-refractivity contribution in [1.82, 2.24) is 9.97 Å². The molecule has 0 radical (unpaired) electrons. The van der Waals surface area contributed by atoms with Gasteiger partial charge in [-0.05, 0) is 29.4 Å². The van der Waals surface area contributed by atoms with E-state index in [-0.39, 0.29) is 0 Å². The van der Waals surface area contributed by atoms with Gasteiger partial charge in [0.05, 0.1) is 11.3 Å². The molecular formula is C15H15Cl3N2S. The lowest BCUT2D eigenvalue weighted by Crippen LogP contribution is -1.99. The van der Waals surface area contributed by atoms with Gasteiger partial charge in [0.1, 0.15) is 16.1 Å². The lowest BCUT2D eigenvalue weighted by Gasteiger charge is -2.09. The fraction of sp³-hybridized carbons (Fsp3) is 0.333. The Labute approximate surface area is 144 Å². The van der Waals surface area contributed by atoms with E-state index < -0.39 is 0 Å². The smallest absolute Gasteiger partial charge is 0.142 e. The molecule has 0 aliphatic carbocycles. The molecule has 0 aliphatic heterocycles. The van der Waals surface area contributed by atoms with E-state index in [9.17, 15) is 0 Å². The van der Waals surface area contributed by atoms with Crippen LogP contribution in [0, 0.1) is 5.92 Å². The molecule has 2 aromatic rings. The maximum atomic E-state index is 6.28. The predicted molar refractivity (Wildman–Crippen MR) is 93.5 cm³/mol. The van der Waals surface area contributed by atoms with Gasteiger partial charge >= 0.3 is 0 Å².